The summed E-state index contributed by atoms with van der Waals surface area (Å²) in [5.74, 6) is 0. The van der Waals surface area contributed by atoms with E-state index in [2.05, 4.69) is 76.3 Å². The van der Waals surface area contributed by atoms with E-state index in [1.54, 1.807) is 0 Å². The minimum Gasteiger partial charge on any atom is -1.00 e. The summed E-state index contributed by atoms with van der Waals surface area (Å²) in [6.45, 7) is 10.1. The van der Waals surface area contributed by atoms with Crippen molar-refractivity contribution >= 4 is 34.0 Å². The van der Waals surface area contributed by atoms with Crippen LogP contribution in [0.1, 0.15) is 79.1 Å². The molecule has 0 amide bonds. The Hall–Kier alpha value is -0.0317. The molecule has 0 spiro atoms. The summed E-state index contributed by atoms with van der Waals surface area (Å²) in [6.07, 6.45) is 19.9. The van der Waals surface area contributed by atoms with Crippen molar-refractivity contribution in [1.82, 2.24) is 0 Å². The molecule has 0 saturated carbocycles. The number of rotatable bonds is 2. The van der Waals surface area contributed by atoms with E-state index < -0.39 is 7.54 Å². The van der Waals surface area contributed by atoms with Gasteiger partial charge in [0.1, 0.15) is 10.6 Å². The Morgan fingerprint density at radius 3 is 1.06 bits per heavy atom. The molecule has 2 heterocycles. The van der Waals surface area contributed by atoms with Gasteiger partial charge in [-0.1, -0.05) is 36.4 Å². The molecular formula is C28H48BF4P2Rh+2. The fourth-order valence-corrected chi connectivity index (χ4v) is 13.7. The van der Waals surface area contributed by atoms with Crippen LogP contribution in [0.25, 0.3) is 0 Å². The average molecular weight is 636 g/mol. The Morgan fingerprint density at radius 2 is 0.833 bits per heavy atom. The van der Waals surface area contributed by atoms with Crippen molar-refractivity contribution < 1.29 is 37.1 Å². The topological polar surface area (TPSA) is 0 Å². The summed E-state index contributed by atoms with van der Waals surface area (Å²) in [7, 11) is -4.33. The predicted octanol–water partition coefficient (Wildman–Crippen LogP) is 5.96. The first-order valence-electron chi connectivity index (χ1n) is 12.4. The molecule has 2 fully saturated rings. The molecule has 0 unspecified atom stereocenters. The van der Waals surface area contributed by atoms with Gasteiger partial charge in [-0.15, -0.1) is 0 Å². The van der Waals surface area contributed by atoms with Crippen LogP contribution in [0, 0.1) is 14.9 Å². The second kappa shape index (κ2) is 21.9. The van der Waals surface area contributed by atoms with Crippen LogP contribution in [0.2, 0.25) is 0 Å². The molecule has 0 aromatic heterocycles. The Bertz CT molecular complexity index is 644. The molecule has 0 N–H and O–H groups in total. The van der Waals surface area contributed by atoms with Gasteiger partial charge in [0.2, 0.25) is 0 Å². The number of hydrogen-bond donors (Lipinski definition) is 0. The molecule has 1 aliphatic carbocycles. The predicted molar refractivity (Wildman–Crippen MR) is 157 cm³/mol. The first kappa shape index (κ1) is 40.5. The summed E-state index contributed by atoms with van der Waals surface area (Å²) in [6, 6.07) is 9.64. The van der Waals surface area contributed by atoms with Crippen molar-refractivity contribution in [3.63, 3.8) is 0 Å². The second-order valence-corrected chi connectivity index (χ2v) is 16.4. The molecular weight excluding hydrogens is 588 g/mol. The smallest absolute Gasteiger partial charge is 1.00 e. The monoisotopic (exact) mass is 636 g/mol. The second-order valence-electron chi connectivity index (χ2n) is 9.56. The third-order valence-corrected chi connectivity index (χ3v) is 14.8. The fourth-order valence-electron chi connectivity index (χ4n) is 5.50. The van der Waals surface area contributed by atoms with Crippen LogP contribution in [-0.4, -0.2) is 30.2 Å². The fraction of sp³-hybridized carbons (Fsp3) is 0.571. The first-order valence-corrected chi connectivity index (χ1v) is 15.7. The van der Waals surface area contributed by atoms with Crippen LogP contribution in [0.15, 0.2) is 48.6 Å². The molecule has 4 rings (SSSR count). The largest absolute Gasteiger partial charge is 3.00 e. The van der Waals surface area contributed by atoms with Crippen LogP contribution in [0.3, 0.4) is 0 Å². The molecule has 8 heteroatoms. The van der Waals surface area contributed by atoms with E-state index in [1.165, 1.54) is 51.4 Å². The molecule has 1 aromatic rings. The van der Waals surface area contributed by atoms with Crippen LogP contribution in [-0.2, 0) is 19.5 Å². The van der Waals surface area contributed by atoms with Gasteiger partial charge >= 0.3 is 27.0 Å². The van der Waals surface area contributed by atoms with E-state index in [1.807, 2.05) is 10.6 Å². The normalized spacial score (nSPS) is 26.9. The first-order chi connectivity index (χ1) is 15.3. The third kappa shape index (κ3) is 13.2. The van der Waals surface area contributed by atoms with E-state index in [0.29, 0.717) is 0 Å². The maximum atomic E-state index is 9.67. The zero-order valence-electron chi connectivity index (χ0n) is 23.0. The Kier molecular flexibility index (Phi) is 24.6. The quantitative estimate of drug-likeness (QED) is 0.124. The molecule has 0 bridgehead atoms. The number of hydrogen-bond acceptors (Lipinski definition) is 0. The van der Waals surface area contributed by atoms with Crippen molar-refractivity contribution in [3.8, 4) is 0 Å². The van der Waals surface area contributed by atoms with E-state index in [4.69, 9.17) is 0 Å². The SMILES string of the molecule is C1=C\CC/C=C\CC/1.C[C@H]1CC[C@H](C)[PH+]1c1ccccc1[PH+]1[C@@H](C)CC[C@@H]1C.FB(F)F.[CH3-].[CH3-].[F-].[Rh+3]. The summed E-state index contributed by atoms with van der Waals surface area (Å²) in [4.78, 5) is 0. The average Bonchev–Trinajstić information content (AvgIpc) is 3.22. The van der Waals surface area contributed by atoms with E-state index in [0.717, 1.165) is 22.6 Å². The minimum absolute atomic E-state index is 0. The molecule has 208 valence electrons. The third-order valence-electron chi connectivity index (χ3n) is 7.07. The molecule has 4 atom stereocenters. The van der Waals surface area contributed by atoms with Crippen LogP contribution in [0.4, 0.5) is 12.9 Å². The molecule has 2 saturated heterocycles. The van der Waals surface area contributed by atoms with Crippen molar-refractivity contribution in [1.29, 1.82) is 0 Å². The molecule has 1 aromatic carbocycles. The van der Waals surface area contributed by atoms with Gasteiger partial charge in [0, 0.05) is 15.8 Å². The maximum Gasteiger partial charge on any atom is 3.00 e. The van der Waals surface area contributed by atoms with Crippen molar-refractivity contribution in [2.75, 3.05) is 0 Å². The van der Waals surface area contributed by atoms with Crippen LogP contribution >= 0.6 is 15.8 Å². The molecule has 2 aliphatic heterocycles. The number of allylic oxidation sites excluding steroid dienone is 4. The number of benzene rings is 1. The molecule has 3 aliphatic rings. The van der Waals surface area contributed by atoms with Gasteiger partial charge in [-0.05, 0) is 91.2 Å². The summed E-state index contributed by atoms with van der Waals surface area (Å²) >= 11 is 0. The minimum atomic E-state index is -3.67. The maximum absolute atomic E-state index is 9.67. The van der Waals surface area contributed by atoms with Crippen molar-refractivity contribution in [3.05, 3.63) is 63.4 Å². The van der Waals surface area contributed by atoms with Gasteiger partial charge in [-0.3, -0.25) is 12.9 Å². The standard InChI is InChI=1S/C18H28P2.C8H12.2CH3.BF3.FH.Rh/c1-13-9-10-14(2)19(13)17-7-5-6-8-18(17)20-15(3)11-12-16(20)4;1-2-4-6-8-7-5-3-1;;;2-1(3)4;;/h5-8,13-16H,9-12H2,1-4H3;1-2,7-8H,3-6H2;2*1H3;;1H;/q;;2*-1;;;+3/p+1/b;2-1-,8-7-;;;;;/t13-,14-,15-,16-;;;;;;/m0....../s1. The van der Waals surface area contributed by atoms with Crippen molar-refractivity contribution in [2.45, 2.75) is 102 Å². The van der Waals surface area contributed by atoms with E-state index in [9.17, 15) is 12.9 Å². The Balaban J connectivity index is -0.000000579. The van der Waals surface area contributed by atoms with Gasteiger partial charge in [0.25, 0.3) is 0 Å². The summed E-state index contributed by atoms with van der Waals surface area (Å²) < 4.78 is 29.0. The summed E-state index contributed by atoms with van der Waals surface area (Å²) in [5.41, 5.74) is 3.91. The molecule has 0 radical (unpaired) electrons. The Morgan fingerprint density at radius 1 is 0.611 bits per heavy atom. The van der Waals surface area contributed by atoms with Crippen molar-refractivity contribution in [2.24, 2.45) is 0 Å². The van der Waals surface area contributed by atoms with Gasteiger partial charge in [0.15, 0.2) is 0 Å². The van der Waals surface area contributed by atoms with E-state index in [-0.39, 0.29) is 54.9 Å². The van der Waals surface area contributed by atoms with Gasteiger partial charge < -0.3 is 19.6 Å². The zero-order valence-corrected chi connectivity index (χ0v) is 26.6. The van der Waals surface area contributed by atoms with Crippen LogP contribution < -0.4 is 15.3 Å². The number of halogens is 4. The van der Waals surface area contributed by atoms with Crippen LogP contribution in [0.5, 0.6) is 0 Å². The van der Waals surface area contributed by atoms with Gasteiger partial charge in [-0.2, -0.15) is 0 Å². The van der Waals surface area contributed by atoms with Gasteiger partial charge in [-0.25, -0.2) is 0 Å². The van der Waals surface area contributed by atoms with Gasteiger partial charge in [0.05, 0.1) is 22.6 Å². The molecule has 36 heavy (non-hydrogen) atoms. The van der Waals surface area contributed by atoms with E-state index >= 15 is 0 Å². The summed E-state index contributed by atoms with van der Waals surface area (Å²) in [5, 5.41) is 3.67. The molecule has 0 nitrogen and oxygen atoms in total. The Labute approximate surface area is 235 Å². The zero-order chi connectivity index (χ0) is 23.5.